The first kappa shape index (κ1) is 17.1. The lowest BCUT2D eigenvalue weighted by Crippen LogP contribution is -2.43. The van der Waals surface area contributed by atoms with Crippen molar-refractivity contribution in [3.8, 4) is 0 Å². The van der Waals surface area contributed by atoms with Crippen LogP contribution < -0.4 is 10.6 Å². The van der Waals surface area contributed by atoms with Crippen LogP contribution in [-0.4, -0.2) is 24.5 Å². The molecule has 0 radical (unpaired) electrons. The summed E-state index contributed by atoms with van der Waals surface area (Å²) in [6, 6.07) is 1.40. The van der Waals surface area contributed by atoms with Crippen molar-refractivity contribution in [2.45, 2.75) is 83.2 Å². The third kappa shape index (κ3) is 4.13. The highest BCUT2D eigenvalue weighted by molar-refractivity contribution is 5.85. The Labute approximate surface area is 135 Å². The monoisotopic (exact) mass is 314 g/mol. The highest BCUT2D eigenvalue weighted by atomic mass is 35.5. The van der Waals surface area contributed by atoms with Gasteiger partial charge < -0.3 is 10.6 Å². The van der Waals surface area contributed by atoms with Crippen LogP contribution in [0, 0.1) is 11.3 Å². The normalized spacial score (nSPS) is 32.9. The molecule has 1 saturated carbocycles. The summed E-state index contributed by atoms with van der Waals surface area (Å²) in [5, 5.41) is 6.90. The molecule has 4 heteroatoms. The van der Waals surface area contributed by atoms with E-state index >= 15 is 0 Å². The molecule has 3 fully saturated rings. The molecule has 2 unspecified atom stereocenters. The van der Waals surface area contributed by atoms with Gasteiger partial charge in [0.2, 0.25) is 5.91 Å². The minimum atomic E-state index is 0. The van der Waals surface area contributed by atoms with Gasteiger partial charge in [0.15, 0.2) is 0 Å². The Morgan fingerprint density at radius 3 is 2.43 bits per heavy atom. The van der Waals surface area contributed by atoms with Crippen LogP contribution in [0.15, 0.2) is 0 Å². The molecule has 2 N–H and O–H groups in total. The van der Waals surface area contributed by atoms with Crippen LogP contribution in [-0.2, 0) is 4.79 Å². The minimum absolute atomic E-state index is 0. The van der Waals surface area contributed by atoms with E-state index in [1.807, 2.05) is 0 Å². The van der Waals surface area contributed by atoms with E-state index in [4.69, 9.17) is 0 Å². The van der Waals surface area contributed by atoms with Crippen LogP contribution in [0.1, 0.15) is 71.1 Å². The lowest BCUT2D eigenvalue weighted by Gasteiger charge is -2.42. The number of carbonyl (C=O) groups is 1. The zero-order chi connectivity index (χ0) is 14.0. The van der Waals surface area contributed by atoms with Gasteiger partial charge in [-0.2, -0.15) is 0 Å². The van der Waals surface area contributed by atoms with Gasteiger partial charge in [0.05, 0.1) is 0 Å². The van der Waals surface area contributed by atoms with E-state index in [1.54, 1.807) is 0 Å². The number of hydrogen-bond acceptors (Lipinski definition) is 2. The topological polar surface area (TPSA) is 41.1 Å². The Morgan fingerprint density at radius 1 is 1.24 bits per heavy atom. The van der Waals surface area contributed by atoms with Crippen molar-refractivity contribution >= 4 is 18.3 Å². The number of amides is 1. The number of carbonyl (C=O) groups excluding carboxylic acids is 1. The number of fused-ring (bicyclic) bond motifs is 2. The van der Waals surface area contributed by atoms with Gasteiger partial charge >= 0.3 is 0 Å². The van der Waals surface area contributed by atoms with E-state index in [-0.39, 0.29) is 12.4 Å². The van der Waals surface area contributed by atoms with E-state index in [0.29, 0.717) is 29.3 Å². The first-order chi connectivity index (χ1) is 9.69. The van der Waals surface area contributed by atoms with Crippen molar-refractivity contribution in [1.29, 1.82) is 0 Å². The fourth-order valence-electron chi connectivity index (χ4n) is 4.68. The zero-order valence-electron chi connectivity index (χ0n) is 13.3. The number of nitrogens with one attached hydrogen (secondary N) is 2. The summed E-state index contributed by atoms with van der Waals surface area (Å²) in [6.45, 7) is 3.18. The summed E-state index contributed by atoms with van der Waals surface area (Å²) in [5.41, 5.74) is 0.456. The van der Waals surface area contributed by atoms with Crippen molar-refractivity contribution < 1.29 is 4.79 Å². The molecule has 21 heavy (non-hydrogen) atoms. The second kappa shape index (κ2) is 7.32. The van der Waals surface area contributed by atoms with Crippen molar-refractivity contribution in [3.05, 3.63) is 0 Å². The van der Waals surface area contributed by atoms with Crippen LogP contribution >= 0.6 is 12.4 Å². The van der Waals surface area contributed by atoms with Crippen molar-refractivity contribution in [3.63, 3.8) is 0 Å². The van der Waals surface area contributed by atoms with E-state index < -0.39 is 0 Å². The molecule has 3 rings (SSSR count). The average Bonchev–Trinajstić information content (AvgIpc) is 2.72. The Kier molecular flexibility index (Phi) is 5.96. The van der Waals surface area contributed by atoms with Crippen LogP contribution in [0.4, 0.5) is 0 Å². The Bertz CT molecular complexity index is 345. The van der Waals surface area contributed by atoms with E-state index in [2.05, 4.69) is 17.6 Å². The second-order valence-electron chi connectivity index (χ2n) is 7.56. The predicted octanol–water partition coefficient (Wildman–Crippen LogP) is 3.42. The quantitative estimate of drug-likeness (QED) is 0.789. The molecule has 3 nitrogen and oxygen atoms in total. The molecule has 2 aliphatic heterocycles. The van der Waals surface area contributed by atoms with Gasteiger partial charge in [0, 0.05) is 25.0 Å². The second-order valence-corrected chi connectivity index (χ2v) is 7.56. The highest BCUT2D eigenvalue weighted by Gasteiger charge is 2.37. The van der Waals surface area contributed by atoms with Gasteiger partial charge in [-0.1, -0.05) is 19.8 Å². The highest BCUT2D eigenvalue weighted by Crippen LogP contribution is 2.44. The molecule has 2 heterocycles. The average molecular weight is 315 g/mol. The molecule has 0 aromatic heterocycles. The summed E-state index contributed by atoms with van der Waals surface area (Å²) < 4.78 is 0. The number of piperidine rings is 1. The molecule has 2 bridgehead atoms. The summed E-state index contributed by atoms with van der Waals surface area (Å²) in [7, 11) is 0. The van der Waals surface area contributed by atoms with E-state index in [9.17, 15) is 4.79 Å². The maximum Gasteiger partial charge on any atom is 0.220 e. The van der Waals surface area contributed by atoms with Gasteiger partial charge in [0.25, 0.3) is 0 Å². The molecule has 2 saturated heterocycles. The van der Waals surface area contributed by atoms with E-state index in [0.717, 1.165) is 13.0 Å². The van der Waals surface area contributed by atoms with Gasteiger partial charge in [-0.15, -0.1) is 12.4 Å². The third-order valence-corrected chi connectivity index (χ3v) is 5.90. The smallest absolute Gasteiger partial charge is 0.220 e. The van der Waals surface area contributed by atoms with Crippen LogP contribution in [0.2, 0.25) is 0 Å². The predicted molar refractivity (Wildman–Crippen MR) is 88.7 cm³/mol. The van der Waals surface area contributed by atoms with Crippen LogP contribution in [0.3, 0.4) is 0 Å². The van der Waals surface area contributed by atoms with Crippen LogP contribution in [0.25, 0.3) is 0 Å². The van der Waals surface area contributed by atoms with Gasteiger partial charge in [-0.3, -0.25) is 4.79 Å². The minimum Gasteiger partial charge on any atom is -0.356 e. The molecule has 0 aromatic rings. The van der Waals surface area contributed by atoms with Crippen LogP contribution in [0.5, 0.6) is 0 Å². The molecule has 0 spiro atoms. The molecule has 0 aromatic carbocycles. The van der Waals surface area contributed by atoms with Gasteiger partial charge in [0.1, 0.15) is 0 Å². The summed E-state index contributed by atoms with van der Waals surface area (Å²) >= 11 is 0. The largest absolute Gasteiger partial charge is 0.356 e. The fourth-order valence-corrected chi connectivity index (χ4v) is 4.68. The first-order valence-electron chi connectivity index (χ1n) is 8.72. The Hall–Kier alpha value is -0.280. The molecule has 122 valence electrons. The standard InChI is InChI=1S/C17H30N2O.ClH/c1-2-6-17(7-3-8-17)12-18-16(20)11-13-9-14-4-5-15(10-13)19-14;/h13-15,19H,2-12H2,1H3,(H,18,20);1H. The number of halogens is 1. The summed E-state index contributed by atoms with van der Waals surface area (Å²) in [4.78, 5) is 12.2. The third-order valence-electron chi connectivity index (χ3n) is 5.90. The summed E-state index contributed by atoms with van der Waals surface area (Å²) in [5.74, 6) is 0.927. The Morgan fingerprint density at radius 2 is 1.90 bits per heavy atom. The lowest BCUT2D eigenvalue weighted by molar-refractivity contribution is -0.123. The number of hydrogen-bond donors (Lipinski definition) is 2. The van der Waals surface area contributed by atoms with Gasteiger partial charge in [-0.25, -0.2) is 0 Å². The molecule has 1 amide bonds. The van der Waals surface area contributed by atoms with Crippen molar-refractivity contribution in [1.82, 2.24) is 10.6 Å². The summed E-state index contributed by atoms with van der Waals surface area (Å²) in [6.07, 6.45) is 12.3. The maximum absolute atomic E-state index is 12.2. The molecule has 1 aliphatic carbocycles. The zero-order valence-corrected chi connectivity index (χ0v) is 14.1. The van der Waals surface area contributed by atoms with E-state index in [1.165, 1.54) is 57.8 Å². The fraction of sp³-hybridized carbons (Fsp3) is 0.941. The molecular weight excluding hydrogens is 284 g/mol. The first-order valence-corrected chi connectivity index (χ1v) is 8.72. The molecular formula is C17H31ClN2O. The SMILES string of the molecule is CCCC1(CNC(=O)CC2CC3CCC(C2)N3)CCC1.Cl. The molecule has 3 aliphatic rings. The number of rotatable bonds is 6. The molecule has 2 atom stereocenters. The van der Waals surface area contributed by atoms with Crippen molar-refractivity contribution in [2.75, 3.05) is 6.54 Å². The van der Waals surface area contributed by atoms with Crippen molar-refractivity contribution in [2.24, 2.45) is 11.3 Å². The van der Waals surface area contributed by atoms with Gasteiger partial charge in [-0.05, 0) is 56.3 Å². The lowest BCUT2D eigenvalue weighted by atomic mass is 9.66. The maximum atomic E-state index is 12.2. The Balaban J connectivity index is 0.00000161.